The van der Waals surface area contributed by atoms with E-state index in [2.05, 4.69) is 10.0 Å². The Kier molecular flexibility index (Phi) is 6.84. The summed E-state index contributed by atoms with van der Waals surface area (Å²) in [6.07, 6.45) is 0. The van der Waals surface area contributed by atoms with Crippen LogP contribution in [0.1, 0.15) is 18.1 Å². The second-order valence-electron chi connectivity index (χ2n) is 4.29. The van der Waals surface area contributed by atoms with Crippen molar-refractivity contribution in [3.05, 3.63) is 29.3 Å². The van der Waals surface area contributed by atoms with Gasteiger partial charge >= 0.3 is 0 Å². The Bertz CT molecular complexity index is 489. The lowest BCUT2D eigenvalue weighted by molar-refractivity contribution is 0.554. The Labute approximate surface area is 116 Å². The number of sulfonamides is 1. The first-order valence-corrected chi connectivity index (χ1v) is 7.09. The third-order valence-electron chi connectivity index (χ3n) is 2.86. The summed E-state index contributed by atoms with van der Waals surface area (Å²) in [5.41, 5.74) is 2.07. The molecule has 0 spiro atoms. The fourth-order valence-corrected chi connectivity index (χ4v) is 2.52. The Hall–Kier alpha value is -0.620. The molecule has 0 heterocycles. The van der Waals surface area contributed by atoms with Gasteiger partial charge in [0.1, 0.15) is 0 Å². The summed E-state index contributed by atoms with van der Waals surface area (Å²) in [7, 11) is -1.59. The molecule has 1 atom stereocenters. The third kappa shape index (κ3) is 4.57. The zero-order chi connectivity index (χ0) is 13.1. The summed E-state index contributed by atoms with van der Waals surface area (Å²) < 4.78 is 26.5. The van der Waals surface area contributed by atoms with E-state index >= 15 is 0 Å². The van der Waals surface area contributed by atoms with Crippen LogP contribution in [-0.2, 0) is 10.0 Å². The molecular formula is C12H21ClN2O2S. The number of likely N-dealkylation sites (N-methyl/N-ethyl adjacent to an activating group) is 1. The first-order valence-electron chi connectivity index (χ1n) is 5.61. The first kappa shape index (κ1) is 17.4. The number of benzene rings is 1. The maximum Gasteiger partial charge on any atom is 0.240 e. The van der Waals surface area contributed by atoms with Crippen molar-refractivity contribution in [2.24, 2.45) is 0 Å². The molecule has 0 amide bonds. The van der Waals surface area contributed by atoms with E-state index in [1.165, 1.54) is 0 Å². The van der Waals surface area contributed by atoms with Crippen LogP contribution in [0.15, 0.2) is 23.1 Å². The highest BCUT2D eigenvalue weighted by atomic mass is 35.5. The van der Waals surface area contributed by atoms with Crippen molar-refractivity contribution in [2.75, 3.05) is 13.6 Å². The van der Waals surface area contributed by atoms with Crippen LogP contribution in [-0.4, -0.2) is 28.1 Å². The van der Waals surface area contributed by atoms with Crippen LogP contribution in [0, 0.1) is 13.8 Å². The highest BCUT2D eigenvalue weighted by Crippen LogP contribution is 2.14. The highest BCUT2D eigenvalue weighted by molar-refractivity contribution is 7.89. The van der Waals surface area contributed by atoms with Crippen LogP contribution < -0.4 is 10.0 Å². The molecule has 0 saturated carbocycles. The van der Waals surface area contributed by atoms with Crippen LogP contribution >= 0.6 is 12.4 Å². The van der Waals surface area contributed by atoms with Crippen molar-refractivity contribution >= 4 is 22.4 Å². The number of hydrogen-bond acceptors (Lipinski definition) is 3. The molecular weight excluding hydrogens is 272 g/mol. The molecule has 0 radical (unpaired) electrons. The van der Waals surface area contributed by atoms with Crippen molar-refractivity contribution in [3.8, 4) is 0 Å². The monoisotopic (exact) mass is 292 g/mol. The quantitative estimate of drug-likeness (QED) is 0.867. The minimum atomic E-state index is -3.39. The van der Waals surface area contributed by atoms with E-state index in [4.69, 9.17) is 0 Å². The maximum atomic E-state index is 12.0. The Morgan fingerprint density at radius 2 is 1.83 bits per heavy atom. The largest absolute Gasteiger partial charge is 0.316 e. The van der Waals surface area contributed by atoms with Crippen LogP contribution in [0.3, 0.4) is 0 Å². The summed E-state index contributed by atoms with van der Waals surface area (Å²) >= 11 is 0. The van der Waals surface area contributed by atoms with Gasteiger partial charge in [-0.2, -0.15) is 0 Å². The van der Waals surface area contributed by atoms with E-state index in [9.17, 15) is 8.42 Å². The Balaban J connectivity index is 0.00000289. The van der Waals surface area contributed by atoms with E-state index in [1.807, 2.05) is 26.8 Å². The standard InChI is InChI=1S/C12H20N2O2S.ClH/c1-9-5-6-12(7-10(9)2)17(15,16)14-8-11(3)13-4;/h5-7,11,13-14H,8H2,1-4H3;1H. The number of aryl methyl sites for hydroxylation is 2. The molecule has 1 unspecified atom stereocenters. The third-order valence-corrected chi connectivity index (χ3v) is 4.28. The van der Waals surface area contributed by atoms with Gasteiger partial charge in [-0.1, -0.05) is 6.07 Å². The molecule has 0 aromatic heterocycles. The molecule has 1 aromatic rings. The fraction of sp³-hybridized carbons (Fsp3) is 0.500. The summed E-state index contributed by atoms with van der Waals surface area (Å²) in [4.78, 5) is 0.323. The maximum absolute atomic E-state index is 12.0. The first-order chi connectivity index (χ1) is 7.86. The lowest BCUT2D eigenvalue weighted by Gasteiger charge is -2.12. The molecule has 1 aromatic carbocycles. The predicted octanol–water partition coefficient (Wildman–Crippen LogP) is 1.61. The van der Waals surface area contributed by atoms with E-state index in [0.717, 1.165) is 11.1 Å². The van der Waals surface area contributed by atoms with Crippen LogP contribution in [0.2, 0.25) is 0 Å². The van der Waals surface area contributed by atoms with Gasteiger partial charge in [0.2, 0.25) is 10.0 Å². The smallest absolute Gasteiger partial charge is 0.240 e. The molecule has 0 aliphatic rings. The van der Waals surface area contributed by atoms with Gasteiger partial charge in [0.05, 0.1) is 4.90 Å². The van der Waals surface area contributed by atoms with Gasteiger partial charge in [0.25, 0.3) is 0 Å². The van der Waals surface area contributed by atoms with Gasteiger partial charge in [-0.3, -0.25) is 0 Å². The second-order valence-corrected chi connectivity index (χ2v) is 6.05. The van der Waals surface area contributed by atoms with Gasteiger partial charge in [-0.05, 0) is 51.1 Å². The molecule has 2 N–H and O–H groups in total. The zero-order valence-electron chi connectivity index (χ0n) is 11.1. The molecule has 4 nitrogen and oxygen atoms in total. The lowest BCUT2D eigenvalue weighted by Crippen LogP contribution is -2.37. The molecule has 6 heteroatoms. The van der Waals surface area contributed by atoms with E-state index in [-0.39, 0.29) is 18.4 Å². The van der Waals surface area contributed by atoms with Crippen LogP contribution in [0.4, 0.5) is 0 Å². The summed E-state index contributed by atoms with van der Waals surface area (Å²) in [6, 6.07) is 5.26. The van der Waals surface area contributed by atoms with Crippen molar-refractivity contribution in [1.82, 2.24) is 10.0 Å². The van der Waals surface area contributed by atoms with E-state index in [0.29, 0.717) is 11.4 Å². The summed E-state index contributed by atoms with van der Waals surface area (Å²) in [5.74, 6) is 0. The van der Waals surface area contributed by atoms with Crippen molar-refractivity contribution in [2.45, 2.75) is 31.7 Å². The highest BCUT2D eigenvalue weighted by Gasteiger charge is 2.14. The number of nitrogens with one attached hydrogen (secondary N) is 2. The predicted molar refractivity (Wildman–Crippen MR) is 76.9 cm³/mol. The molecule has 0 saturated heterocycles. The topological polar surface area (TPSA) is 58.2 Å². The summed E-state index contributed by atoms with van der Waals surface area (Å²) in [5, 5.41) is 2.98. The normalized spacial score (nSPS) is 12.9. The molecule has 0 fully saturated rings. The summed E-state index contributed by atoms with van der Waals surface area (Å²) in [6.45, 7) is 6.17. The molecule has 104 valence electrons. The van der Waals surface area contributed by atoms with E-state index < -0.39 is 10.0 Å². The lowest BCUT2D eigenvalue weighted by atomic mass is 10.1. The zero-order valence-corrected chi connectivity index (χ0v) is 12.8. The van der Waals surface area contributed by atoms with Gasteiger partial charge in [-0.25, -0.2) is 13.1 Å². The Morgan fingerprint density at radius 1 is 1.22 bits per heavy atom. The molecule has 0 bridgehead atoms. The van der Waals surface area contributed by atoms with Crippen LogP contribution in [0.25, 0.3) is 0 Å². The van der Waals surface area contributed by atoms with Gasteiger partial charge in [0, 0.05) is 12.6 Å². The SMILES string of the molecule is CNC(C)CNS(=O)(=O)c1ccc(C)c(C)c1.Cl. The molecule has 0 aliphatic carbocycles. The Morgan fingerprint density at radius 3 is 2.33 bits per heavy atom. The minimum Gasteiger partial charge on any atom is -0.316 e. The number of hydrogen-bond donors (Lipinski definition) is 2. The number of rotatable bonds is 5. The minimum absolute atomic E-state index is 0. The van der Waals surface area contributed by atoms with E-state index in [1.54, 1.807) is 19.2 Å². The van der Waals surface area contributed by atoms with Crippen molar-refractivity contribution in [1.29, 1.82) is 0 Å². The van der Waals surface area contributed by atoms with Crippen molar-refractivity contribution in [3.63, 3.8) is 0 Å². The molecule has 1 rings (SSSR count). The average Bonchev–Trinajstić information content (AvgIpc) is 2.29. The van der Waals surface area contributed by atoms with Gasteiger partial charge in [0.15, 0.2) is 0 Å². The number of halogens is 1. The van der Waals surface area contributed by atoms with Crippen molar-refractivity contribution < 1.29 is 8.42 Å². The van der Waals surface area contributed by atoms with Crippen LogP contribution in [0.5, 0.6) is 0 Å². The van der Waals surface area contributed by atoms with Gasteiger partial charge < -0.3 is 5.32 Å². The second kappa shape index (κ2) is 7.09. The van der Waals surface area contributed by atoms with Gasteiger partial charge in [-0.15, -0.1) is 12.4 Å². The molecule has 0 aliphatic heterocycles. The average molecular weight is 293 g/mol. The molecule has 18 heavy (non-hydrogen) atoms. The fourth-order valence-electron chi connectivity index (χ4n) is 1.30.